The molecule has 1 N–H and O–H groups in total. The smallest absolute Gasteiger partial charge is 0.248 e. The zero-order chi connectivity index (χ0) is 17.3. The van der Waals surface area contributed by atoms with Crippen molar-refractivity contribution >= 4 is 43.6 Å². The number of nitrogens with one attached hydrogen (secondary N) is 1. The summed E-state index contributed by atoms with van der Waals surface area (Å²) in [7, 11) is -2.39. The van der Waals surface area contributed by atoms with Gasteiger partial charge in [-0.15, -0.1) is 11.8 Å². The first-order valence-electron chi connectivity index (χ1n) is 7.64. The van der Waals surface area contributed by atoms with Gasteiger partial charge in [-0.25, -0.2) is 8.42 Å². The van der Waals surface area contributed by atoms with Crippen molar-refractivity contribution in [2.75, 3.05) is 25.3 Å². The van der Waals surface area contributed by atoms with Gasteiger partial charge in [-0.05, 0) is 37.0 Å². The van der Waals surface area contributed by atoms with Crippen molar-refractivity contribution in [3.63, 3.8) is 0 Å². The van der Waals surface area contributed by atoms with Crippen LogP contribution in [0.5, 0.6) is 5.75 Å². The van der Waals surface area contributed by atoms with Crippen LogP contribution in [0, 0.1) is 5.92 Å². The van der Waals surface area contributed by atoms with Crippen molar-refractivity contribution in [3.8, 4) is 5.75 Å². The van der Waals surface area contributed by atoms with Gasteiger partial charge >= 0.3 is 0 Å². The van der Waals surface area contributed by atoms with E-state index in [1.165, 1.54) is 29.2 Å². The van der Waals surface area contributed by atoms with Gasteiger partial charge in [-0.3, -0.25) is 4.79 Å². The van der Waals surface area contributed by atoms with E-state index in [1.807, 2.05) is 0 Å². The number of carbonyl (C=O) groups is 1. The summed E-state index contributed by atoms with van der Waals surface area (Å²) in [5.41, 5.74) is 0. The minimum absolute atomic E-state index is 0.0712. The lowest BCUT2D eigenvalue weighted by Gasteiger charge is -2.23. The van der Waals surface area contributed by atoms with Crippen molar-refractivity contribution in [2.24, 2.45) is 5.92 Å². The second-order valence-electron chi connectivity index (χ2n) is 5.89. The number of hydrogen-bond acceptors (Lipinski definition) is 5. The number of carbonyl (C=O) groups excluding carboxylic acids is 1. The minimum atomic E-state index is -3.82. The molecule has 0 aromatic heterocycles. The Labute approximate surface area is 154 Å². The molecule has 3 rings (SSSR count). The Hall–Kier alpha value is -0.770. The molecule has 0 bridgehead atoms. The SMILES string of the molecule is COc1ccc(Br)cc1S(=O)(=O)N1CSCC1C(=O)NCC1CC1. The summed E-state index contributed by atoms with van der Waals surface area (Å²) in [6.07, 6.45) is 2.27. The zero-order valence-electron chi connectivity index (χ0n) is 13.2. The lowest BCUT2D eigenvalue weighted by Crippen LogP contribution is -2.47. The van der Waals surface area contributed by atoms with E-state index in [9.17, 15) is 13.2 Å². The molecule has 1 amide bonds. The molecular weight excluding hydrogens is 416 g/mol. The summed E-state index contributed by atoms with van der Waals surface area (Å²) in [6, 6.07) is 4.15. The molecule has 9 heteroatoms. The molecule has 1 aliphatic heterocycles. The molecule has 1 saturated heterocycles. The molecule has 1 heterocycles. The van der Waals surface area contributed by atoms with Crippen LogP contribution in [0.3, 0.4) is 0 Å². The van der Waals surface area contributed by atoms with Gasteiger partial charge in [-0.2, -0.15) is 4.31 Å². The van der Waals surface area contributed by atoms with Gasteiger partial charge in [0, 0.05) is 16.8 Å². The second kappa shape index (κ2) is 7.23. The van der Waals surface area contributed by atoms with Gasteiger partial charge in [0.1, 0.15) is 16.7 Å². The highest BCUT2D eigenvalue weighted by Crippen LogP contribution is 2.34. The predicted molar refractivity (Wildman–Crippen MR) is 96.6 cm³/mol. The number of halogens is 1. The second-order valence-corrected chi connectivity index (χ2v) is 9.67. The summed E-state index contributed by atoms with van der Waals surface area (Å²) < 4.78 is 33.2. The van der Waals surface area contributed by atoms with Gasteiger partial charge in [0.05, 0.1) is 13.0 Å². The summed E-state index contributed by atoms with van der Waals surface area (Å²) in [6.45, 7) is 0.633. The third-order valence-electron chi connectivity index (χ3n) is 4.12. The molecule has 24 heavy (non-hydrogen) atoms. The Kier molecular flexibility index (Phi) is 5.43. The lowest BCUT2D eigenvalue weighted by atomic mass is 10.3. The average molecular weight is 435 g/mol. The maximum absolute atomic E-state index is 13.1. The molecule has 1 atom stereocenters. The first-order chi connectivity index (χ1) is 11.4. The van der Waals surface area contributed by atoms with E-state index in [4.69, 9.17) is 4.74 Å². The molecule has 1 aromatic carbocycles. The van der Waals surface area contributed by atoms with Crippen LogP contribution in [0.15, 0.2) is 27.6 Å². The average Bonchev–Trinajstić information content (AvgIpc) is 3.25. The highest BCUT2D eigenvalue weighted by molar-refractivity contribution is 9.10. The van der Waals surface area contributed by atoms with Crippen molar-refractivity contribution in [2.45, 2.75) is 23.8 Å². The largest absolute Gasteiger partial charge is 0.495 e. The van der Waals surface area contributed by atoms with Crippen LogP contribution in [0.2, 0.25) is 0 Å². The number of sulfonamides is 1. The lowest BCUT2D eigenvalue weighted by molar-refractivity contribution is -0.123. The molecule has 2 fully saturated rings. The Bertz CT molecular complexity index is 737. The van der Waals surface area contributed by atoms with E-state index < -0.39 is 16.1 Å². The monoisotopic (exact) mass is 434 g/mol. The van der Waals surface area contributed by atoms with E-state index in [1.54, 1.807) is 12.1 Å². The molecule has 1 aliphatic carbocycles. The van der Waals surface area contributed by atoms with E-state index in [0.717, 1.165) is 12.8 Å². The number of ether oxygens (including phenoxy) is 1. The quantitative estimate of drug-likeness (QED) is 0.741. The molecule has 0 spiro atoms. The Morgan fingerprint density at radius 3 is 2.88 bits per heavy atom. The van der Waals surface area contributed by atoms with Crippen LogP contribution < -0.4 is 10.1 Å². The Balaban J connectivity index is 1.84. The molecule has 1 aromatic rings. The first-order valence-corrected chi connectivity index (χ1v) is 11.0. The highest BCUT2D eigenvalue weighted by atomic mass is 79.9. The van der Waals surface area contributed by atoms with Crippen LogP contribution >= 0.6 is 27.7 Å². The number of thioether (sulfide) groups is 1. The fraction of sp³-hybridized carbons (Fsp3) is 0.533. The van der Waals surface area contributed by atoms with Crippen molar-refractivity contribution in [1.82, 2.24) is 9.62 Å². The number of amides is 1. The topological polar surface area (TPSA) is 75.7 Å². The third-order valence-corrected chi connectivity index (χ3v) is 7.66. The van der Waals surface area contributed by atoms with Crippen molar-refractivity contribution < 1.29 is 17.9 Å². The standard InChI is InChI=1S/C15H19BrN2O4S2/c1-22-13-5-4-11(16)6-14(13)24(20,21)18-9-23-8-12(18)15(19)17-7-10-2-3-10/h4-6,10,12H,2-3,7-9H2,1H3,(H,17,19). The van der Waals surface area contributed by atoms with Crippen LogP contribution in [0.4, 0.5) is 0 Å². The number of hydrogen-bond donors (Lipinski definition) is 1. The molecule has 1 unspecified atom stereocenters. The first kappa shape index (κ1) is 18.0. The molecule has 0 radical (unpaired) electrons. The fourth-order valence-corrected chi connectivity index (χ4v) is 6.38. The Morgan fingerprint density at radius 1 is 1.46 bits per heavy atom. The van der Waals surface area contributed by atoms with E-state index in [2.05, 4.69) is 21.2 Å². The molecule has 2 aliphatic rings. The summed E-state index contributed by atoms with van der Waals surface area (Å²) in [4.78, 5) is 12.5. The van der Waals surface area contributed by atoms with Crippen LogP contribution in [0.25, 0.3) is 0 Å². The van der Waals surface area contributed by atoms with Crippen LogP contribution in [-0.2, 0) is 14.8 Å². The molecular formula is C15H19BrN2O4S2. The number of nitrogens with zero attached hydrogens (tertiary/aromatic N) is 1. The molecule has 6 nitrogen and oxygen atoms in total. The predicted octanol–water partition coefficient (Wildman–Crippen LogP) is 2.05. The zero-order valence-corrected chi connectivity index (χ0v) is 16.4. The Morgan fingerprint density at radius 2 is 2.21 bits per heavy atom. The highest BCUT2D eigenvalue weighted by Gasteiger charge is 2.41. The summed E-state index contributed by atoms with van der Waals surface area (Å²) in [5, 5.41) is 2.88. The third kappa shape index (κ3) is 3.74. The fourth-order valence-electron chi connectivity index (χ4n) is 2.53. The van der Waals surface area contributed by atoms with Gasteiger partial charge in [0.2, 0.25) is 15.9 Å². The normalized spacial score (nSPS) is 21.7. The number of benzene rings is 1. The van der Waals surface area contributed by atoms with Gasteiger partial charge in [-0.1, -0.05) is 15.9 Å². The number of rotatable bonds is 6. The maximum Gasteiger partial charge on any atom is 0.248 e. The van der Waals surface area contributed by atoms with E-state index in [-0.39, 0.29) is 22.4 Å². The maximum atomic E-state index is 13.1. The molecule has 132 valence electrons. The van der Waals surface area contributed by atoms with Gasteiger partial charge in [0.25, 0.3) is 0 Å². The van der Waals surface area contributed by atoms with Gasteiger partial charge in [0.15, 0.2) is 0 Å². The van der Waals surface area contributed by atoms with Gasteiger partial charge < -0.3 is 10.1 Å². The van der Waals surface area contributed by atoms with E-state index >= 15 is 0 Å². The summed E-state index contributed by atoms with van der Waals surface area (Å²) >= 11 is 4.74. The van der Waals surface area contributed by atoms with E-state index in [0.29, 0.717) is 22.7 Å². The van der Waals surface area contributed by atoms with Crippen molar-refractivity contribution in [1.29, 1.82) is 0 Å². The van der Waals surface area contributed by atoms with Crippen LogP contribution in [0.1, 0.15) is 12.8 Å². The summed E-state index contributed by atoms with van der Waals surface area (Å²) in [5.74, 6) is 1.33. The number of methoxy groups -OCH3 is 1. The van der Waals surface area contributed by atoms with Crippen LogP contribution in [-0.4, -0.2) is 50.0 Å². The molecule has 1 saturated carbocycles. The van der Waals surface area contributed by atoms with Crippen molar-refractivity contribution in [3.05, 3.63) is 22.7 Å². The minimum Gasteiger partial charge on any atom is -0.495 e.